The Morgan fingerprint density at radius 1 is 1.22 bits per heavy atom. The molecule has 2 N–H and O–H groups in total. The highest BCUT2D eigenvalue weighted by molar-refractivity contribution is 8.01. The first kappa shape index (κ1) is 19.3. The van der Waals surface area contributed by atoms with Crippen molar-refractivity contribution in [3.8, 4) is 5.75 Å². The van der Waals surface area contributed by atoms with Gasteiger partial charge in [0, 0.05) is 10.9 Å². The molecule has 0 aliphatic rings. The fraction of sp³-hybridized carbons (Fsp3) is 0.188. The number of nitrogens with zero attached hydrogens (tertiary/aromatic N) is 3. The summed E-state index contributed by atoms with van der Waals surface area (Å²) in [5.41, 5.74) is 1.32. The van der Waals surface area contributed by atoms with Gasteiger partial charge < -0.3 is 10.1 Å². The van der Waals surface area contributed by atoms with Crippen LogP contribution in [0.1, 0.15) is 16.1 Å². The third kappa shape index (κ3) is 5.49. The number of thioether (sulfide) groups is 1. The van der Waals surface area contributed by atoms with Crippen LogP contribution < -0.4 is 15.4 Å². The van der Waals surface area contributed by atoms with Crippen molar-refractivity contribution < 1.29 is 14.3 Å². The summed E-state index contributed by atoms with van der Waals surface area (Å²) in [6.07, 6.45) is 0. The monoisotopic (exact) mass is 421 g/mol. The number of amides is 2. The van der Waals surface area contributed by atoms with Gasteiger partial charge in [0.15, 0.2) is 9.47 Å². The molecule has 0 saturated carbocycles. The molecule has 0 fully saturated rings. The van der Waals surface area contributed by atoms with Gasteiger partial charge in [0.25, 0.3) is 5.91 Å². The maximum atomic E-state index is 12.3. The summed E-state index contributed by atoms with van der Waals surface area (Å²) in [7, 11) is 1.54. The first-order valence-electron chi connectivity index (χ1n) is 7.67. The van der Waals surface area contributed by atoms with Crippen LogP contribution in [0.4, 0.5) is 10.3 Å². The van der Waals surface area contributed by atoms with Gasteiger partial charge in [-0.2, -0.15) is 0 Å². The summed E-state index contributed by atoms with van der Waals surface area (Å²) in [6, 6.07) is 6.81. The lowest BCUT2D eigenvalue weighted by Gasteiger charge is -2.03. The van der Waals surface area contributed by atoms with E-state index in [4.69, 9.17) is 4.74 Å². The van der Waals surface area contributed by atoms with E-state index < -0.39 is 0 Å². The molecule has 0 aliphatic heterocycles. The normalized spacial score (nSPS) is 10.4. The van der Waals surface area contributed by atoms with Gasteiger partial charge in [0.2, 0.25) is 11.0 Å². The van der Waals surface area contributed by atoms with Crippen molar-refractivity contribution in [2.75, 3.05) is 23.5 Å². The number of benzene rings is 1. The molecule has 3 aromatic rings. The smallest absolute Gasteiger partial charge is 0.257 e. The largest absolute Gasteiger partial charge is 0.497 e. The molecule has 0 radical (unpaired) electrons. The van der Waals surface area contributed by atoms with E-state index in [2.05, 4.69) is 25.8 Å². The quantitative estimate of drug-likeness (QED) is 0.445. The predicted molar refractivity (Wildman–Crippen MR) is 107 cm³/mol. The molecule has 2 aromatic heterocycles. The molecular weight excluding hydrogens is 406 g/mol. The highest BCUT2D eigenvalue weighted by atomic mass is 32.2. The highest BCUT2D eigenvalue weighted by Crippen LogP contribution is 2.26. The van der Waals surface area contributed by atoms with Gasteiger partial charge in [-0.3, -0.25) is 14.9 Å². The topological polar surface area (TPSA) is 106 Å². The van der Waals surface area contributed by atoms with E-state index in [0.29, 0.717) is 25.9 Å². The number of carbonyl (C=O) groups excluding carboxylic acids is 2. The van der Waals surface area contributed by atoms with E-state index in [-0.39, 0.29) is 17.6 Å². The van der Waals surface area contributed by atoms with Gasteiger partial charge in [-0.05, 0) is 25.1 Å². The number of aromatic nitrogens is 3. The van der Waals surface area contributed by atoms with Gasteiger partial charge >= 0.3 is 0 Å². The molecule has 0 spiro atoms. The molecule has 2 heterocycles. The number of anilines is 2. The van der Waals surface area contributed by atoms with E-state index in [1.807, 2.05) is 12.3 Å². The fourth-order valence-electron chi connectivity index (χ4n) is 1.95. The number of thiazole rings is 1. The summed E-state index contributed by atoms with van der Waals surface area (Å²) in [6.45, 7) is 1.86. The van der Waals surface area contributed by atoms with E-state index >= 15 is 0 Å². The van der Waals surface area contributed by atoms with Gasteiger partial charge in [-0.15, -0.1) is 21.5 Å². The van der Waals surface area contributed by atoms with Crippen LogP contribution in [-0.2, 0) is 4.79 Å². The number of ether oxygens (including phenoxy) is 1. The molecule has 27 heavy (non-hydrogen) atoms. The summed E-state index contributed by atoms with van der Waals surface area (Å²) < 4.78 is 5.69. The van der Waals surface area contributed by atoms with Crippen molar-refractivity contribution in [2.45, 2.75) is 11.3 Å². The van der Waals surface area contributed by atoms with Crippen molar-refractivity contribution in [1.29, 1.82) is 0 Å². The maximum Gasteiger partial charge on any atom is 0.257 e. The zero-order chi connectivity index (χ0) is 19.2. The van der Waals surface area contributed by atoms with Crippen LogP contribution in [0.3, 0.4) is 0 Å². The SMILES string of the molecule is COc1cccc(C(=O)Nc2nnc(SCC(=O)Nc3nc(C)cs3)s2)c1. The molecule has 0 unspecified atom stereocenters. The third-order valence-corrected chi connectivity index (χ3v) is 6.00. The third-order valence-electron chi connectivity index (χ3n) is 3.15. The lowest BCUT2D eigenvalue weighted by molar-refractivity contribution is -0.113. The number of nitrogens with one attached hydrogen (secondary N) is 2. The van der Waals surface area contributed by atoms with Gasteiger partial charge in [0.1, 0.15) is 5.75 Å². The minimum atomic E-state index is -0.307. The van der Waals surface area contributed by atoms with Crippen LogP contribution in [0.2, 0.25) is 0 Å². The first-order valence-corrected chi connectivity index (χ1v) is 10.4. The summed E-state index contributed by atoms with van der Waals surface area (Å²) in [5, 5.41) is 16.1. The molecule has 3 rings (SSSR count). The first-order chi connectivity index (χ1) is 13.0. The molecule has 2 amide bonds. The number of hydrogen-bond donors (Lipinski definition) is 2. The van der Waals surface area contributed by atoms with E-state index in [9.17, 15) is 9.59 Å². The zero-order valence-corrected chi connectivity index (χ0v) is 16.8. The van der Waals surface area contributed by atoms with Crippen LogP contribution in [0.25, 0.3) is 0 Å². The Hall–Kier alpha value is -2.50. The Morgan fingerprint density at radius 2 is 2.07 bits per heavy atom. The summed E-state index contributed by atoms with van der Waals surface area (Å²) >= 11 is 3.82. The summed E-state index contributed by atoms with van der Waals surface area (Å²) in [4.78, 5) is 28.4. The lowest BCUT2D eigenvalue weighted by Crippen LogP contribution is -2.13. The van der Waals surface area contributed by atoms with Crippen molar-refractivity contribution >= 4 is 56.5 Å². The second-order valence-corrected chi connectivity index (χ2v) is 8.25. The van der Waals surface area contributed by atoms with E-state index in [0.717, 1.165) is 5.69 Å². The van der Waals surface area contributed by atoms with Crippen molar-refractivity contribution in [1.82, 2.24) is 15.2 Å². The molecule has 0 saturated heterocycles. The van der Waals surface area contributed by atoms with Crippen LogP contribution >= 0.6 is 34.4 Å². The molecule has 1 aromatic carbocycles. The number of carbonyl (C=O) groups is 2. The lowest BCUT2D eigenvalue weighted by atomic mass is 10.2. The van der Waals surface area contributed by atoms with Crippen LogP contribution in [0.15, 0.2) is 34.0 Å². The average molecular weight is 422 g/mol. The fourth-order valence-corrected chi connectivity index (χ4v) is 4.20. The molecule has 0 bridgehead atoms. The predicted octanol–water partition coefficient (Wildman–Crippen LogP) is 3.29. The second kappa shape index (κ2) is 8.93. The molecular formula is C16H15N5O3S3. The Balaban J connectivity index is 1.52. The van der Waals surface area contributed by atoms with E-state index in [1.165, 1.54) is 41.5 Å². The molecule has 8 nitrogen and oxygen atoms in total. The zero-order valence-electron chi connectivity index (χ0n) is 14.4. The van der Waals surface area contributed by atoms with E-state index in [1.54, 1.807) is 24.3 Å². The van der Waals surface area contributed by atoms with Crippen molar-refractivity contribution in [2.24, 2.45) is 0 Å². The Morgan fingerprint density at radius 3 is 2.81 bits per heavy atom. The molecule has 0 atom stereocenters. The number of methoxy groups -OCH3 is 1. The Kier molecular flexibility index (Phi) is 6.37. The molecule has 0 aliphatic carbocycles. The average Bonchev–Trinajstić information content (AvgIpc) is 3.28. The minimum Gasteiger partial charge on any atom is -0.497 e. The summed E-state index contributed by atoms with van der Waals surface area (Å²) in [5.74, 6) is 0.291. The van der Waals surface area contributed by atoms with Gasteiger partial charge in [-0.25, -0.2) is 4.98 Å². The molecule has 140 valence electrons. The number of aryl methyl sites for hydroxylation is 1. The van der Waals surface area contributed by atoms with Crippen molar-refractivity contribution in [3.05, 3.63) is 40.9 Å². The van der Waals surface area contributed by atoms with Crippen LogP contribution in [0, 0.1) is 6.92 Å². The van der Waals surface area contributed by atoms with Crippen LogP contribution in [0.5, 0.6) is 5.75 Å². The number of hydrogen-bond acceptors (Lipinski definition) is 9. The van der Waals surface area contributed by atoms with Crippen LogP contribution in [-0.4, -0.2) is 39.9 Å². The molecule has 11 heteroatoms. The maximum absolute atomic E-state index is 12.3. The van der Waals surface area contributed by atoms with Crippen molar-refractivity contribution in [3.63, 3.8) is 0 Å². The minimum absolute atomic E-state index is 0.175. The number of rotatable bonds is 7. The van der Waals surface area contributed by atoms with Gasteiger partial charge in [0.05, 0.1) is 18.6 Å². The second-order valence-electron chi connectivity index (χ2n) is 5.19. The Labute approximate surface area is 167 Å². The van der Waals surface area contributed by atoms with Gasteiger partial charge in [-0.1, -0.05) is 29.2 Å². The Bertz CT molecular complexity index is 956. The standard InChI is InChI=1S/C16H15N5O3S3/c1-9-7-25-14(17-9)18-12(22)8-26-16-21-20-15(27-16)19-13(23)10-4-3-5-11(6-10)24-2/h3-7H,8H2,1-2H3,(H,17,18,22)(H,19,20,23). The highest BCUT2D eigenvalue weighted by Gasteiger charge is 2.13.